The van der Waals surface area contributed by atoms with Crippen molar-refractivity contribution in [3.05, 3.63) is 36.0 Å². The van der Waals surface area contributed by atoms with Crippen LogP contribution in [0.4, 0.5) is 15.4 Å². The molecule has 1 aromatic carbocycles. The number of benzene rings is 1. The summed E-state index contributed by atoms with van der Waals surface area (Å²) in [4.78, 5) is 27.4. The fourth-order valence-corrected chi connectivity index (χ4v) is 2.20. The number of nitrogens with zero attached hydrogens (tertiary/aromatic N) is 1. The largest absolute Gasteiger partial charge is 0.449 e. The van der Waals surface area contributed by atoms with E-state index in [9.17, 15) is 9.59 Å². The number of urea groups is 1. The molecule has 0 fully saturated rings. The molecular weight excluding hydrogens is 356 g/mol. The zero-order valence-electron chi connectivity index (χ0n) is 14.4. The third kappa shape index (κ3) is 6.15. The van der Waals surface area contributed by atoms with Crippen LogP contribution < -0.4 is 16.0 Å². The van der Waals surface area contributed by atoms with Crippen molar-refractivity contribution in [3.63, 3.8) is 0 Å². The summed E-state index contributed by atoms with van der Waals surface area (Å²) < 4.78 is 4.94. The second-order valence-corrected chi connectivity index (χ2v) is 5.14. The maximum Gasteiger partial charge on any atom is 0.407 e. The van der Waals surface area contributed by atoms with Gasteiger partial charge in [-0.15, -0.1) is 24.8 Å². The molecule has 7 nitrogen and oxygen atoms in total. The van der Waals surface area contributed by atoms with E-state index >= 15 is 0 Å². The highest BCUT2D eigenvalue weighted by molar-refractivity contribution is 5.92. The first kappa shape index (κ1) is 21.1. The summed E-state index contributed by atoms with van der Waals surface area (Å²) in [6.07, 6.45) is 6.63. The third-order valence-corrected chi connectivity index (χ3v) is 3.34. The molecule has 0 atom stereocenters. The zero-order chi connectivity index (χ0) is 18.1. The molecule has 0 aliphatic rings. The van der Waals surface area contributed by atoms with Crippen molar-refractivity contribution in [1.29, 1.82) is 0 Å². The van der Waals surface area contributed by atoms with Crippen LogP contribution in [0.25, 0.3) is 10.8 Å². The van der Waals surface area contributed by atoms with Crippen molar-refractivity contribution in [2.24, 2.45) is 0 Å². The number of pyridine rings is 1. The summed E-state index contributed by atoms with van der Waals surface area (Å²) in [5.74, 6) is 2.86. The van der Waals surface area contributed by atoms with E-state index in [1.807, 2.05) is 25.1 Å². The normalized spacial score (nSPS) is 9.54. The molecule has 26 heavy (non-hydrogen) atoms. The van der Waals surface area contributed by atoms with Gasteiger partial charge in [0.1, 0.15) is 12.4 Å². The minimum Gasteiger partial charge on any atom is -0.449 e. The standard InChI is InChI=1S/C18H20N4O3.ClH/c1-3-5-9-25-18(24)21-11-14-8-6-7-13-10-16(20-12-15(13)14)22-17(23)19-4-2;/h1,6-8,10,12H,4-5,9,11H2,2H3,(H,21,24)(H2,19,20,22,23);1H. The molecule has 0 aliphatic carbocycles. The second kappa shape index (κ2) is 10.8. The molecule has 0 unspecified atom stereocenters. The first-order valence-corrected chi connectivity index (χ1v) is 7.90. The van der Waals surface area contributed by atoms with Gasteiger partial charge in [-0.2, -0.15) is 0 Å². The van der Waals surface area contributed by atoms with Gasteiger partial charge in [-0.1, -0.05) is 18.2 Å². The molecule has 0 bridgehead atoms. The number of halogens is 1. The van der Waals surface area contributed by atoms with Gasteiger partial charge >= 0.3 is 12.1 Å². The highest BCUT2D eigenvalue weighted by Gasteiger charge is 2.07. The Balaban J connectivity index is 0.00000338. The zero-order valence-corrected chi connectivity index (χ0v) is 15.2. The van der Waals surface area contributed by atoms with Crippen LogP contribution in [0.15, 0.2) is 30.5 Å². The number of carbonyl (C=O) groups is 2. The van der Waals surface area contributed by atoms with Crippen LogP contribution in [-0.4, -0.2) is 30.3 Å². The molecule has 0 spiro atoms. The second-order valence-electron chi connectivity index (χ2n) is 5.14. The first-order valence-electron chi connectivity index (χ1n) is 7.90. The summed E-state index contributed by atoms with van der Waals surface area (Å²) in [5.41, 5.74) is 0.892. The minimum atomic E-state index is -0.519. The van der Waals surface area contributed by atoms with E-state index in [4.69, 9.17) is 11.2 Å². The van der Waals surface area contributed by atoms with Gasteiger partial charge in [-0.3, -0.25) is 5.32 Å². The number of fused-ring (bicyclic) bond motifs is 1. The lowest BCUT2D eigenvalue weighted by molar-refractivity contribution is 0.148. The van der Waals surface area contributed by atoms with Gasteiger partial charge in [-0.05, 0) is 23.9 Å². The van der Waals surface area contributed by atoms with Crippen molar-refractivity contribution >= 4 is 41.1 Å². The lowest BCUT2D eigenvalue weighted by Crippen LogP contribution is -2.28. The fourth-order valence-electron chi connectivity index (χ4n) is 2.20. The van der Waals surface area contributed by atoms with Gasteiger partial charge in [0.05, 0.1) is 0 Å². The van der Waals surface area contributed by atoms with Gasteiger partial charge in [0.15, 0.2) is 0 Å². The lowest BCUT2D eigenvalue weighted by Gasteiger charge is -2.10. The molecule has 3 amide bonds. The summed E-state index contributed by atoms with van der Waals surface area (Å²) in [6.45, 7) is 2.86. The Bertz CT molecular complexity index is 805. The lowest BCUT2D eigenvalue weighted by atomic mass is 10.1. The molecular formula is C18H21ClN4O3. The number of nitrogens with one attached hydrogen (secondary N) is 3. The average Bonchev–Trinajstić information content (AvgIpc) is 2.60. The van der Waals surface area contributed by atoms with Gasteiger partial charge in [0.25, 0.3) is 0 Å². The molecule has 0 saturated heterocycles. The summed E-state index contributed by atoms with van der Waals surface area (Å²) in [6, 6.07) is 7.15. The van der Waals surface area contributed by atoms with E-state index in [1.54, 1.807) is 12.3 Å². The Hall–Kier alpha value is -2.98. The summed E-state index contributed by atoms with van der Waals surface area (Å²) in [7, 11) is 0. The Morgan fingerprint density at radius 2 is 2.12 bits per heavy atom. The van der Waals surface area contributed by atoms with Gasteiger partial charge < -0.3 is 15.4 Å². The smallest absolute Gasteiger partial charge is 0.407 e. The molecule has 0 radical (unpaired) electrons. The Labute approximate surface area is 158 Å². The Morgan fingerprint density at radius 1 is 1.31 bits per heavy atom. The number of amides is 3. The van der Waals surface area contributed by atoms with E-state index in [0.717, 1.165) is 16.3 Å². The van der Waals surface area contributed by atoms with E-state index < -0.39 is 6.09 Å². The van der Waals surface area contributed by atoms with Gasteiger partial charge in [0, 0.05) is 31.1 Å². The number of alkyl carbamates (subject to hydrolysis) is 1. The number of rotatable bonds is 6. The van der Waals surface area contributed by atoms with E-state index in [-0.39, 0.29) is 25.0 Å². The van der Waals surface area contributed by atoms with E-state index in [1.165, 1.54) is 0 Å². The highest BCUT2D eigenvalue weighted by Crippen LogP contribution is 2.20. The molecule has 2 rings (SSSR count). The van der Waals surface area contributed by atoms with Crippen LogP contribution in [0.1, 0.15) is 18.9 Å². The van der Waals surface area contributed by atoms with Crippen LogP contribution in [0.5, 0.6) is 0 Å². The molecule has 0 saturated carbocycles. The average molecular weight is 377 g/mol. The summed E-state index contributed by atoms with van der Waals surface area (Å²) in [5, 5.41) is 9.77. The van der Waals surface area contributed by atoms with Crippen molar-refractivity contribution in [2.45, 2.75) is 19.9 Å². The maximum absolute atomic E-state index is 11.6. The van der Waals surface area contributed by atoms with Crippen LogP contribution in [0.3, 0.4) is 0 Å². The van der Waals surface area contributed by atoms with Crippen molar-refractivity contribution in [1.82, 2.24) is 15.6 Å². The number of terminal acetylenes is 1. The monoisotopic (exact) mass is 376 g/mol. The molecule has 3 N–H and O–H groups in total. The SMILES string of the molecule is C#CCCOC(=O)NCc1cccc2cc(NC(=O)NCC)ncc12.Cl. The molecule has 1 heterocycles. The topological polar surface area (TPSA) is 92.4 Å². The quantitative estimate of drug-likeness (QED) is 0.533. The summed E-state index contributed by atoms with van der Waals surface area (Å²) >= 11 is 0. The third-order valence-electron chi connectivity index (χ3n) is 3.34. The van der Waals surface area contributed by atoms with Crippen molar-refractivity contribution in [3.8, 4) is 12.3 Å². The maximum atomic E-state index is 11.6. The van der Waals surface area contributed by atoms with E-state index in [0.29, 0.717) is 25.3 Å². The number of ether oxygens (including phenoxy) is 1. The molecule has 138 valence electrons. The van der Waals surface area contributed by atoms with Crippen molar-refractivity contribution in [2.75, 3.05) is 18.5 Å². The number of hydrogen-bond acceptors (Lipinski definition) is 4. The molecule has 1 aromatic heterocycles. The highest BCUT2D eigenvalue weighted by atomic mass is 35.5. The fraction of sp³-hybridized carbons (Fsp3) is 0.278. The van der Waals surface area contributed by atoms with Gasteiger partial charge in [0.2, 0.25) is 0 Å². The predicted molar refractivity (Wildman–Crippen MR) is 103 cm³/mol. The van der Waals surface area contributed by atoms with Crippen LogP contribution in [0.2, 0.25) is 0 Å². The Morgan fingerprint density at radius 3 is 2.85 bits per heavy atom. The number of anilines is 1. The first-order chi connectivity index (χ1) is 12.1. The number of hydrogen-bond donors (Lipinski definition) is 3. The minimum absolute atomic E-state index is 0. The van der Waals surface area contributed by atoms with Crippen molar-refractivity contribution < 1.29 is 14.3 Å². The van der Waals surface area contributed by atoms with Crippen LogP contribution in [0, 0.1) is 12.3 Å². The Kier molecular flexibility index (Phi) is 8.75. The predicted octanol–water partition coefficient (Wildman–Crippen LogP) is 3.05. The van der Waals surface area contributed by atoms with Gasteiger partial charge in [-0.25, -0.2) is 14.6 Å². The molecule has 0 aliphatic heterocycles. The molecule has 8 heteroatoms. The van der Waals surface area contributed by atoms with E-state index in [2.05, 4.69) is 26.9 Å². The number of aromatic nitrogens is 1. The molecule has 2 aromatic rings. The number of carbonyl (C=O) groups excluding carboxylic acids is 2. The van der Waals surface area contributed by atoms with Crippen LogP contribution >= 0.6 is 12.4 Å². The van der Waals surface area contributed by atoms with Crippen LogP contribution in [-0.2, 0) is 11.3 Å².